The Morgan fingerprint density at radius 3 is 2.15 bits per heavy atom. The Labute approximate surface area is 124 Å². The van der Waals surface area contributed by atoms with Crippen LogP contribution in [0.3, 0.4) is 0 Å². The predicted octanol–water partition coefficient (Wildman–Crippen LogP) is 4.39. The van der Waals surface area contributed by atoms with Gasteiger partial charge in [0.1, 0.15) is 5.15 Å². The molecule has 3 nitrogen and oxygen atoms in total. The smallest absolute Gasteiger partial charge is 0.155 e. The van der Waals surface area contributed by atoms with Crippen LogP contribution in [-0.4, -0.2) is 16.1 Å². The van der Waals surface area contributed by atoms with Crippen molar-refractivity contribution in [3.8, 4) is 5.69 Å². The van der Waals surface area contributed by atoms with Crippen molar-refractivity contribution in [3.63, 3.8) is 0 Å². The molecule has 0 N–H and O–H groups in total. The van der Waals surface area contributed by atoms with E-state index in [1.54, 1.807) is 4.68 Å². The second-order valence-corrected chi connectivity index (χ2v) is 5.88. The average molecular weight is 291 g/mol. The Hall–Kier alpha value is -1.61. The summed E-state index contributed by atoms with van der Waals surface area (Å²) >= 11 is 6.36. The number of benzene rings is 1. The van der Waals surface area contributed by atoms with Crippen LogP contribution < -0.4 is 0 Å². The first-order valence-electron chi connectivity index (χ1n) is 6.68. The van der Waals surface area contributed by atoms with Gasteiger partial charge in [0.15, 0.2) is 6.29 Å². The lowest BCUT2D eigenvalue weighted by atomic mass is 10.1. The van der Waals surface area contributed by atoms with Crippen LogP contribution in [0.25, 0.3) is 5.69 Å². The number of hydrogen-bond donors (Lipinski definition) is 0. The molecule has 0 aliphatic heterocycles. The summed E-state index contributed by atoms with van der Waals surface area (Å²) < 4.78 is 1.69. The van der Waals surface area contributed by atoms with Crippen molar-refractivity contribution in [2.24, 2.45) is 0 Å². The van der Waals surface area contributed by atoms with Crippen LogP contribution in [0.5, 0.6) is 0 Å². The predicted molar refractivity (Wildman–Crippen MR) is 82.3 cm³/mol. The molecule has 0 spiro atoms. The number of nitrogens with zero attached hydrogens (tertiary/aromatic N) is 2. The maximum atomic E-state index is 11.3. The summed E-state index contributed by atoms with van der Waals surface area (Å²) in [6.45, 7) is 10.1. The second kappa shape index (κ2) is 5.41. The fourth-order valence-electron chi connectivity index (χ4n) is 2.62. The summed E-state index contributed by atoms with van der Waals surface area (Å²) in [4.78, 5) is 11.3. The van der Waals surface area contributed by atoms with Gasteiger partial charge in [-0.2, -0.15) is 5.10 Å². The van der Waals surface area contributed by atoms with Crippen LogP contribution in [-0.2, 0) is 0 Å². The third-order valence-electron chi connectivity index (χ3n) is 3.40. The molecule has 0 amide bonds. The molecule has 0 saturated heterocycles. The largest absolute Gasteiger partial charge is 0.298 e. The SMILES string of the molecule is Cc1cc(C)c(-n2nc(C(C)C)c(C=O)c2Cl)c(C)c1. The molecule has 20 heavy (non-hydrogen) atoms. The van der Waals surface area contributed by atoms with Gasteiger partial charge in [0.05, 0.1) is 16.9 Å². The van der Waals surface area contributed by atoms with E-state index in [9.17, 15) is 4.79 Å². The summed E-state index contributed by atoms with van der Waals surface area (Å²) in [6, 6.07) is 4.19. The minimum atomic E-state index is 0.153. The minimum absolute atomic E-state index is 0.153. The third-order valence-corrected chi connectivity index (χ3v) is 3.77. The summed E-state index contributed by atoms with van der Waals surface area (Å²) in [5, 5.41) is 4.94. The van der Waals surface area contributed by atoms with E-state index in [1.165, 1.54) is 5.56 Å². The minimum Gasteiger partial charge on any atom is -0.298 e. The zero-order valence-electron chi connectivity index (χ0n) is 12.5. The standard InChI is InChI=1S/C16H19ClN2O/c1-9(2)14-13(8-20)16(17)19(18-14)15-11(4)6-10(3)7-12(15)5/h6-9H,1-5H3. The van der Waals surface area contributed by atoms with Crippen molar-refractivity contribution in [3.05, 3.63) is 45.2 Å². The zero-order valence-corrected chi connectivity index (χ0v) is 13.2. The van der Waals surface area contributed by atoms with Crippen molar-refractivity contribution in [1.82, 2.24) is 9.78 Å². The lowest BCUT2D eigenvalue weighted by molar-refractivity contribution is 0.112. The lowest BCUT2D eigenvalue weighted by Crippen LogP contribution is -2.03. The van der Waals surface area contributed by atoms with E-state index >= 15 is 0 Å². The molecule has 2 aromatic rings. The molecule has 0 unspecified atom stereocenters. The van der Waals surface area contributed by atoms with E-state index in [1.807, 2.05) is 27.7 Å². The fourth-order valence-corrected chi connectivity index (χ4v) is 2.88. The first-order valence-corrected chi connectivity index (χ1v) is 7.06. The highest BCUT2D eigenvalue weighted by molar-refractivity contribution is 6.32. The first kappa shape index (κ1) is 14.8. The molecule has 0 aliphatic rings. The number of rotatable bonds is 3. The average Bonchev–Trinajstić information content (AvgIpc) is 2.65. The van der Waals surface area contributed by atoms with Crippen LogP contribution in [0.15, 0.2) is 12.1 Å². The van der Waals surface area contributed by atoms with Gasteiger partial charge in [0, 0.05) is 0 Å². The molecule has 1 heterocycles. The molecule has 0 aliphatic carbocycles. The maximum Gasteiger partial charge on any atom is 0.155 e. The molecule has 0 radical (unpaired) electrons. The van der Waals surface area contributed by atoms with Gasteiger partial charge in [-0.25, -0.2) is 4.68 Å². The summed E-state index contributed by atoms with van der Waals surface area (Å²) in [6.07, 6.45) is 0.792. The van der Waals surface area contributed by atoms with E-state index in [0.29, 0.717) is 10.7 Å². The Morgan fingerprint density at radius 2 is 1.75 bits per heavy atom. The second-order valence-electron chi connectivity index (χ2n) is 5.52. The lowest BCUT2D eigenvalue weighted by Gasteiger charge is -2.12. The van der Waals surface area contributed by atoms with Gasteiger partial charge in [-0.3, -0.25) is 4.79 Å². The number of aryl methyl sites for hydroxylation is 3. The molecule has 0 fully saturated rings. The summed E-state index contributed by atoms with van der Waals surface area (Å²) in [5.41, 5.74) is 5.58. The van der Waals surface area contributed by atoms with Crippen molar-refractivity contribution in [2.75, 3.05) is 0 Å². The van der Waals surface area contributed by atoms with Crippen LogP contribution in [0.4, 0.5) is 0 Å². The molecule has 106 valence electrons. The summed E-state index contributed by atoms with van der Waals surface area (Å²) in [5.74, 6) is 0.153. The van der Waals surface area contributed by atoms with E-state index < -0.39 is 0 Å². The molecule has 0 bridgehead atoms. The third kappa shape index (κ3) is 2.38. The van der Waals surface area contributed by atoms with Crippen LogP contribution in [0, 0.1) is 20.8 Å². The van der Waals surface area contributed by atoms with Crippen LogP contribution >= 0.6 is 11.6 Å². The number of aldehydes is 1. The number of hydrogen-bond acceptors (Lipinski definition) is 2. The van der Waals surface area contributed by atoms with Crippen molar-refractivity contribution in [1.29, 1.82) is 0 Å². The van der Waals surface area contributed by atoms with Gasteiger partial charge in [-0.1, -0.05) is 43.1 Å². The molecular formula is C16H19ClN2O. The van der Waals surface area contributed by atoms with Gasteiger partial charge in [0.25, 0.3) is 0 Å². The van der Waals surface area contributed by atoms with Gasteiger partial charge >= 0.3 is 0 Å². The topological polar surface area (TPSA) is 34.9 Å². The Morgan fingerprint density at radius 1 is 1.20 bits per heavy atom. The van der Waals surface area contributed by atoms with E-state index in [0.717, 1.165) is 28.8 Å². The number of aromatic nitrogens is 2. The van der Waals surface area contributed by atoms with Crippen molar-refractivity contribution < 1.29 is 4.79 Å². The maximum absolute atomic E-state index is 11.3. The molecule has 1 aromatic carbocycles. The first-order chi connectivity index (χ1) is 9.36. The molecule has 0 saturated carbocycles. The van der Waals surface area contributed by atoms with Crippen LogP contribution in [0.1, 0.15) is 52.5 Å². The number of carbonyl (C=O) groups excluding carboxylic acids is 1. The summed E-state index contributed by atoms with van der Waals surface area (Å²) in [7, 11) is 0. The Balaban J connectivity index is 2.74. The Bertz CT molecular complexity index is 648. The normalized spacial score (nSPS) is 11.2. The van der Waals surface area contributed by atoms with E-state index in [4.69, 9.17) is 11.6 Å². The van der Waals surface area contributed by atoms with Gasteiger partial charge < -0.3 is 0 Å². The van der Waals surface area contributed by atoms with Gasteiger partial charge in [-0.15, -0.1) is 0 Å². The number of carbonyl (C=O) groups is 1. The van der Waals surface area contributed by atoms with E-state index in [-0.39, 0.29) is 5.92 Å². The highest BCUT2D eigenvalue weighted by atomic mass is 35.5. The molecule has 2 rings (SSSR count). The quantitative estimate of drug-likeness (QED) is 0.786. The highest BCUT2D eigenvalue weighted by Crippen LogP contribution is 2.30. The van der Waals surface area contributed by atoms with Crippen molar-refractivity contribution in [2.45, 2.75) is 40.5 Å². The number of halogens is 1. The fraction of sp³-hybridized carbons (Fsp3) is 0.375. The van der Waals surface area contributed by atoms with Crippen molar-refractivity contribution >= 4 is 17.9 Å². The van der Waals surface area contributed by atoms with Gasteiger partial charge in [0.2, 0.25) is 0 Å². The zero-order chi connectivity index (χ0) is 15.0. The Kier molecular flexibility index (Phi) is 4.00. The molecular weight excluding hydrogens is 272 g/mol. The molecule has 1 aromatic heterocycles. The monoisotopic (exact) mass is 290 g/mol. The molecule has 0 atom stereocenters. The van der Waals surface area contributed by atoms with Crippen LogP contribution in [0.2, 0.25) is 5.15 Å². The van der Waals surface area contributed by atoms with E-state index in [2.05, 4.69) is 24.2 Å². The van der Waals surface area contributed by atoms with Gasteiger partial charge in [-0.05, 0) is 37.8 Å². The highest BCUT2D eigenvalue weighted by Gasteiger charge is 2.20. The molecule has 4 heteroatoms.